The number of rotatable bonds is 2. The predicted molar refractivity (Wildman–Crippen MR) is 62.1 cm³/mol. The molecule has 0 unspecified atom stereocenters. The fraction of sp³-hybridized carbons (Fsp3) is 0.400. The molecule has 0 aliphatic rings. The molecule has 1 aromatic rings. The second-order valence-electron chi connectivity index (χ2n) is 4.41. The van der Waals surface area contributed by atoms with E-state index in [1.54, 1.807) is 12.1 Å². The summed E-state index contributed by atoms with van der Waals surface area (Å²) < 4.78 is 22.0. The van der Waals surface area contributed by atoms with E-state index in [0.717, 1.165) is 0 Å². The van der Waals surface area contributed by atoms with Crippen LogP contribution in [-0.4, -0.2) is 14.0 Å². The average Bonchev–Trinajstić information content (AvgIpc) is 2.13. The molecule has 0 saturated carbocycles. The molecule has 0 aliphatic heterocycles. The molecule has 0 atom stereocenters. The molecule has 0 spiro atoms. The minimum Gasteiger partial charge on any atom is -0.225 e. The van der Waals surface area contributed by atoms with Crippen LogP contribution in [0.3, 0.4) is 0 Å². The minimum absolute atomic E-state index is 0.0715. The third kappa shape index (κ3) is 4.08. The largest absolute Gasteiger partial charge is 0.238 e. The molecule has 0 radical (unpaired) electrons. The molecule has 16 heavy (non-hydrogen) atoms. The zero-order valence-electron chi connectivity index (χ0n) is 9.51. The smallest absolute Gasteiger partial charge is 0.225 e. The number of sulfonamides is 1. The number of azo groups is 1. The third-order valence-corrected chi connectivity index (χ3v) is 2.56. The number of primary sulfonamides is 1. The van der Waals surface area contributed by atoms with E-state index in [4.69, 9.17) is 5.14 Å². The third-order valence-electron chi connectivity index (χ3n) is 1.63. The summed E-state index contributed by atoms with van der Waals surface area (Å²) in [5, 5.41) is 13.0. The first kappa shape index (κ1) is 12.8. The monoisotopic (exact) mass is 241 g/mol. The molecule has 0 heterocycles. The lowest BCUT2D eigenvalue weighted by Gasteiger charge is -2.08. The van der Waals surface area contributed by atoms with Gasteiger partial charge in [0.15, 0.2) is 0 Å². The summed E-state index contributed by atoms with van der Waals surface area (Å²) in [6, 6.07) is 5.95. The molecule has 0 aromatic heterocycles. The number of benzene rings is 1. The second-order valence-corrected chi connectivity index (χ2v) is 5.97. The van der Waals surface area contributed by atoms with Gasteiger partial charge in [0.1, 0.15) is 0 Å². The molecular formula is C10H15N3O2S. The van der Waals surface area contributed by atoms with Crippen LogP contribution in [0.4, 0.5) is 5.69 Å². The molecule has 2 N–H and O–H groups in total. The van der Waals surface area contributed by atoms with Crippen LogP contribution in [0.2, 0.25) is 0 Å². The first-order chi connectivity index (χ1) is 7.18. The quantitative estimate of drug-likeness (QED) is 0.805. The van der Waals surface area contributed by atoms with Crippen LogP contribution in [0.15, 0.2) is 39.4 Å². The lowest BCUT2D eigenvalue weighted by atomic mass is 10.1. The van der Waals surface area contributed by atoms with Crippen LogP contribution in [0.1, 0.15) is 20.8 Å². The predicted octanol–water partition coefficient (Wildman–Crippen LogP) is 2.22. The molecule has 1 rings (SSSR count). The van der Waals surface area contributed by atoms with Crippen molar-refractivity contribution in [1.82, 2.24) is 0 Å². The fourth-order valence-electron chi connectivity index (χ4n) is 0.910. The Morgan fingerprint density at radius 2 is 1.62 bits per heavy atom. The Morgan fingerprint density at radius 1 is 1.12 bits per heavy atom. The van der Waals surface area contributed by atoms with Gasteiger partial charge in [-0.1, -0.05) is 0 Å². The van der Waals surface area contributed by atoms with Crippen molar-refractivity contribution in [2.45, 2.75) is 31.2 Å². The molecule has 0 fully saturated rings. The fourth-order valence-corrected chi connectivity index (χ4v) is 1.43. The van der Waals surface area contributed by atoms with Crippen molar-refractivity contribution < 1.29 is 8.42 Å². The van der Waals surface area contributed by atoms with Gasteiger partial charge in [0.2, 0.25) is 10.0 Å². The Labute approximate surface area is 95.4 Å². The van der Waals surface area contributed by atoms with Crippen LogP contribution in [0.25, 0.3) is 0 Å². The highest BCUT2D eigenvalue weighted by molar-refractivity contribution is 7.89. The highest BCUT2D eigenvalue weighted by Gasteiger charge is 2.08. The molecular weight excluding hydrogens is 226 g/mol. The van der Waals surface area contributed by atoms with E-state index in [9.17, 15) is 8.42 Å². The van der Waals surface area contributed by atoms with E-state index in [-0.39, 0.29) is 10.4 Å². The van der Waals surface area contributed by atoms with E-state index in [0.29, 0.717) is 5.69 Å². The summed E-state index contributed by atoms with van der Waals surface area (Å²) in [6.07, 6.45) is 0. The summed E-state index contributed by atoms with van der Waals surface area (Å²) in [6.45, 7) is 5.78. The van der Waals surface area contributed by atoms with Crippen LogP contribution in [-0.2, 0) is 10.0 Å². The Morgan fingerprint density at radius 3 is 2.00 bits per heavy atom. The summed E-state index contributed by atoms with van der Waals surface area (Å²) in [5.74, 6) is 0. The Kier molecular flexibility index (Phi) is 3.44. The van der Waals surface area contributed by atoms with Crippen molar-refractivity contribution in [1.29, 1.82) is 0 Å². The normalized spacial score (nSPS) is 13.2. The Balaban J connectivity index is 2.93. The molecule has 88 valence electrons. The van der Waals surface area contributed by atoms with Crippen molar-refractivity contribution in [3.05, 3.63) is 24.3 Å². The molecule has 1 aromatic carbocycles. The highest BCUT2D eigenvalue weighted by Crippen LogP contribution is 2.18. The van der Waals surface area contributed by atoms with Crippen molar-refractivity contribution in [3.63, 3.8) is 0 Å². The van der Waals surface area contributed by atoms with Crippen LogP contribution < -0.4 is 5.14 Å². The maximum absolute atomic E-state index is 11.0. The molecule has 0 saturated heterocycles. The van der Waals surface area contributed by atoms with E-state index in [1.165, 1.54) is 12.1 Å². The number of nitrogens with two attached hydrogens (primary N) is 1. The zero-order valence-corrected chi connectivity index (χ0v) is 10.3. The van der Waals surface area contributed by atoms with Crippen LogP contribution in [0.5, 0.6) is 0 Å². The Hall–Kier alpha value is -1.27. The lowest BCUT2D eigenvalue weighted by molar-refractivity contribution is 0.552. The van der Waals surface area contributed by atoms with Gasteiger partial charge in [-0.15, -0.1) is 0 Å². The SMILES string of the molecule is CC(C)(C)N=Nc1ccc(S(N)(=O)=O)cc1. The van der Waals surface area contributed by atoms with E-state index in [1.807, 2.05) is 20.8 Å². The lowest BCUT2D eigenvalue weighted by Crippen LogP contribution is -2.11. The zero-order chi connectivity index (χ0) is 12.4. The first-order valence-electron chi connectivity index (χ1n) is 4.74. The van der Waals surface area contributed by atoms with Gasteiger partial charge in [0, 0.05) is 0 Å². The molecule has 6 heteroatoms. The Bertz CT molecular complexity index is 484. The van der Waals surface area contributed by atoms with Gasteiger partial charge in [-0.05, 0) is 45.0 Å². The average molecular weight is 241 g/mol. The van der Waals surface area contributed by atoms with Gasteiger partial charge in [-0.25, -0.2) is 13.6 Å². The van der Waals surface area contributed by atoms with Gasteiger partial charge in [0.05, 0.1) is 16.1 Å². The molecule has 0 bridgehead atoms. The van der Waals surface area contributed by atoms with Gasteiger partial charge in [0.25, 0.3) is 0 Å². The number of hydrogen-bond donors (Lipinski definition) is 1. The summed E-state index contributed by atoms with van der Waals surface area (Å²) in [7, 11) is -3.64. The van der Waals surface area contributed by atoms with E-state index in [2.05, 4.69) is 10.2 Å². The maximum atomic E-state index is 11.0. The van der Waals surface area contributed by atoms with Crippen LogP contribution in [0, 0.1) is 0 Å². The van der Waals surface area contributed by atoms with E-state index < -0.39 is 10.0 Å². The maximum Gasteiger partial charge on any atom is 0.238 e. The van der Waals surface area contributed by atoms with Gasteiger partial charge in [-0.3, -0.25) is 0 Å². The topological polar surface area (TPSA) is 84.9 Å². The number of hydrogen-bond acceptors (Lipinski definition) is 4. The van der Waals surface area contributed by atoms with Crippen molar-refractivity contribution in [3.8, 4) is 0 Å². The highest BCUT2D eigenvalue weighted by atomic mass is 32.2. The van der Waals surface area contributed by atoms with Gasteiger partial charge >= 0.3 is 0 Å². The summed E-state index contributed by atoms with van der Waals surface area (Å²) in [4.78, 5) is 0.0715. The second kappa shape index (κ2) is 4.31. The van der Waals surface area contributed by atoms with Crippen molar-refractivity contribution in [2.24, 2.45) is 15.4 Å². The molecule has 0 amide bonds. The van der Waals surface area contributed by atoms with Gasteiger partial charge in [-0.2, -0.15) is 10.2 Å². The van der Waals surface area contributed by atoms with Crippen molar-refractivity contribution >= 4 is 15.7 Å². The standard InChI is InChI=1S/C10H15N3O2S/c1-10(2,3)13-12-8-4-6-9(7-5-8)16(11,14)15/h4-7H,1-3H3,(H2,11,14,15). The minimum atomic E-state index is -3.64. The first-order valence-corrected chi connectivity index (χ1v) is 6.29. The summed E-state index contributed by atoms with van der Waals surface area (Å²) >= 11 is 0. The van der Waals surface area contributed by atoms with E-state index >= 15 is 0 Å². The van der Waals surface area contributed by atoms with Crippen LogP contribution >= 0.6 is 0 Å². The van der Waals surface area contributed by atoms with Gasteiger partial charge < -0.3 is 0 Å². The molecule has 0 aliphatic carbocycles. The van der Waals surface area contributed by atoms with Crippen molar-refractivity contribution in [2.75, 3.05) is 0 Å². The summed E-state index contributed by atoms with van der Waals surface area (Å²) in [5.41, 5.74) is 0.348. The molecule has 5 nitrogen and oxygen atoms in total. The number of nitrogens with zero attached hydrogens (tertiary/aromatic N) is 2.